The standard InChI is InChI=1S/C16H25BrN2O/c1-3-19-15(6-12-8-16(9-12)20-4-2)7-13-5-14(17)11-18-10-13/h5,10-12,15-16,19H,3-4,6-9H2,1-2H3. The van der Waals surface area contributed by atoms with E-state index in [-0.39, 0.29) is 0 Å². The zero-order chi connectivity index (χ0) is 14.4. The van der Waals surface area contributed by atoms with Crippen LogP contribution < -0.4 is 5.32 Å². The number of hydrogen-bond donors (Lipinski definition) is 1. The van der Waals surface area contributed by atoms with Crippen LogP contribution in [-0.4, -0.2) is 30.3 Å². The maximum Gasteiger partial charge on any atom is 0.0580 e. The number of rotatable bonds is 8. The van der Waals surface area contributed by atoms with Gasteiger partial charge >= 0.3 is 0 Å². The molecule has 1 saturated carbocycles. The highest BCUT2D eigenvalue weighted by atomic mass is 79.9. The fraction of sp³-hybridized carbons (Fsp3) is 0.688. The summed E-state index contributed by atoms with van der Waals surface area (Å²) < 4.78 is 6.71. The molecule has 20 heavy (non-hydrogen) atoms. The summed E-state index contributed by atoms with van der Waals surface area (Å²) in [6.07, 6.45) is 9.07. The molecule has 0 saturated heterocycles. The fourth-order valence-corrected chi connectivity index (χ4v) is 3.43. The normalized spacial score (nSPS) is 23.4. The minimum absolute atomic E-state index is 0.514. The van der Waals surface area contributed by atoms with E-state index in [1.807, 2.05) is 12.4 Å². The van der Waals surface area contributed by atoms with Gasteiger partial charge in [0.1, 0.15) is 0 Å². The minimum Gasteiger partial charge on any atom is -0.378 e. The van der Waals surface area contributed by atoms with E-state index in [0.29, 0.717) is 12.1 Å². The summed E-state index contributed by atoms with van der Waals surface area (Å²) in [5.41, 5.74) is 1.30. The third kappa shape index (κ3) is 4.83. The molecule has 1 aromatic rings. The minimum atomic E-state index is 0.514. The molecule has 1 aromatic heterocycles. The van der Waals surface area contributed by atoms with Gasteiger partial charge in [0.25, 0.3) is 0 Å². The summed E-state index contributed by atoms with van der Waals surface area (Å²) in [6.45, 7) is 6.12. The summed E-state index contributed by atoms with van der Waals surface area (Å²) in [5.74, 6) is 0.815. The summed E-state index contributed by atoms with van der Waals surface area (Å²) in [6, 6.07) is 2.71. The van der Waals surface area contributed by atoms with Gasteiger partial charge in [-0.2, -0.15) is 0 Å². The molecule has 3 nitrogen and oxygen atoms in total. The second kappa shape index (κ2) is 8.11. The van der Waals surface area contributed by atoms with Gasteiger partial charge in [0.2, 0.25) is 0 Å². The molecular weight excluding hydrogens is 316 g/mol. The average Bonchev–Trinajstić information content (AvgIpc) is 2.36. The van der Waals surface area contributed by atoms with Gasteiger partial charge in [-0.1, -0.05) is 6.92 Å². The monoisotopic (exact) mass is 340 g/mol. The Hall–Kier alpha value is -0.450. The lowest BCUT2D eigenvalue weighted by Gasteiger charge is -2.37. The van der Waals surface area contributed by atoms with Crippen molar-refractivity contribution in [3.8, 4) is 0 Å². The first kappa shape index (κ1) is 15.9. The molecule has 0 bridgehead atoms. The molecule has 4 heteroatoms. The van der Waals surface area contributed by atoms with Gasteiger partial charge in [-0.25, -0.2) is 0 Å². The smallest absolute Gasteiger partial charge is 0.0580 e. The number of halogens is 1. The maximum atomic E-state index is 5.65. The number of aromatic nitrogens is 1. The van der Waals surface area contributed by atoms with Crippen LogP contribution in [0.25, 0.3) is 0 Å². The van der Waals surface area contributed by atoms with Crippen molar-refractivity contribution in [2.24, 2.45) is 5.92 Å². The lowest BCUT2D eigenvalue weighted by Crippen LogP contribution is -2.39. The molecule has 1 unspecified atom stereocenters. The van der Waals surface area contributed by atoms with Crippen LogP contribution in [0.15, 0.2) is 22.9 Å². The lowest BCUT2D eigenvalue weighted by atomic mass is 9.77. The van der Waals surface area contributed by atoms with Crippen LogP contribution in [0, 0.1) is 5.92 Å². The van der Waals surface area contributed by atoms with E-state index in [4.69, 9.17) is 4.74 Å². The number of likely N-dealkylation sites (N-methyl/N-ethyl adjacent to an activating group) is 1. The largest absolute Gasteiger partial charge is 0.378 e. The molecule has 0 aliphatic heterocycles. The average molecular weight is 341 g/mol. The van der Waals surface area contributed by atoms with Crippen molar-refractivity contribution in [1.29, 1.82) is 0 Å². The summed E-state index contributed by atoms with van der Waals surface area (Å²) >= 11 is 3.49. The van der Waals surface area contributed by atoms with Crippen molar-refractivity contribution in [3.05, 3.63) is 28.5 Å². The highest BCUT2D eigenvalue weighted by Crippen LogP contribution is 2.34. The Balaban J connectivity index is 1.82. The highest BCUT2D eigenvalue weighted by Gasteiger charge is 2.31. The molecule has 1 aliphatic carbocycles. The molecule has 1 N–H and O–H groups in total. The first-order chi connectivity index (χ1) is 9.71. The van der Waals surface area contributed by atoms with Gasteiger partial charge in [-0.05, 0) is 72.6 Å². The van der Waals surface area contributed by atoms with E-state index in [0.717, 1.165) is 30.0 Å². The van der Waals surface area contributed by atoms with Gasteiger partial charge in [0.05, 0.1) is 6.10 Å². The maximum absolute atomic E-state index is 5.65. The first-order valence-electron chi connectivity index (χ1n) is 7.65. The molecule has 0 radical (unpaired) electrons. The Morgan fingerprint density at radius 1 is 1.40 bits per heavy atom. The van der Waals surface area contributed by atoms with E-state index in [2.05, 4.69) is 46.1 Å². The zero-order valence-corrected chi connectivity index (χ0v) is 14.0. The van der Waals surface area contributed by atoms with Crippen molar-refractivity contribution in [1.82, 2.24) is 10.3 Å². The van der Waals surface area contributed by atoms with Gasteiger partial charge in [-0.3, -0.25) is 4.98 Å². The van der Waals surface area contributed by atoms with Gasteiger partial charge < -0.3 is 10.1 Å². The predicted octanol–water partition coefficient (Wildman–Crippen LogP) is 3.57. The Morgan fingerprint density at radius 3 is 2.85 bits per heavy atom. The number of nitrogens with zero attached hydrogens (tertiary/aromatic N) is 1. The van der Waals surface area contributed by atoms with Crippen LogP contribution in [0.3, 0.4) is 0 Å². The van der Waals surface area contributed by atoms with Crippen molar-refractivity contribution in [3.63, 3.8) is 0 Å². The zero-order valence-electron chi connectivity index (χ0n) is 12.4. The molecule has 1 aliphatic rings. The number of ether oxygens (including phenoxy) is 1. The summed E-state index contributed by atoms with van der Waals surface area (Å²) in [5, 5.41) is 3.61. The third-order valence-corrected chi connectivity index (χ3v) is 4.38. The van der Waals surface area contributed by atoms with Crippen LogP contribution >= 0.6 is 15.9 Å². The van der Waals surface area contributed by atoms with E-state index in [1.165, 1.54) is 24.8 Å². The molecule has 0 spiro atoms. The molecule has 0 aromatic carbocycles. The third-order valence-electron chi connectivity index (χ3n) is 3.95. The van der Waals surface area contributed by atoms with Gasteiger partial charge in [0.15, 0.2) is 0 Å². The summed E-state index contributed by atoms with van der Waals surface area (Å²) in [7, 11) is 0. The van der Waals surface area contributed by atoms with E-state index >= 15 is 0 Å². The molecule has 1 fully saturated rings. The van der Waals surface area contributed by atoms with Crippen LogP contribution in [-0.2, 0) is 11.2 Å². The Bertz CT molecular complexity index is 407. The van der Waals surface area contributed by atoms with E-state index in [1.54, 1.807) is 0 Å². The van der Waals surface area contributed by atoms with Crippen molar-refractivity contribution in [2.45, 2.75) is 51.7 Å². The Labute approximate surface area is 130 Å². The van der Waals surface area contributed by atoms with Crippen molar-refractivity contribution >= 4 is 15.9 Å². The Morgan fingerprint density at radius 2 is 2.20 bits per heavy atom. The first-order valence-corrected chi connectivity index (χ1v) is 8.45. The quantitative estimate of drug-likeness (QED) is 0.785. The van der Waals surface area contributed by atoms with E-state index < -0.39 is 0 Å². The predicted molar refractivity (Wildman–Crippen MR) is 85.9 cm³/mol. The van der Waals surface area contributed by atoms with Crippen molar-refractivity contribution < 1.29 is 4.74 Å². The number of nitrogens with one attached hydrogen (secondary N) is 1. The molecule has 1 atom stereocenters. The van der Waals surface area contributed by atoms with Crippen LogP contribution in [0.4, 0.5) is 0 Å². The second-order valence-electron chi connectivity index (χ2n) is 5.62. The SMILES string of the molecule is CCNC(Cc1cncc(Br)c1)CC1CC(OCC)C1. The van der Waals surface area contributed by atoms with E-state index in [9.17, 15) is 0 Å². The van der Waals surface area contributed by atoms with Crippen LogP contribution in [0.5, 0.6) is 0 Å². The Kier molecular flexibility index (Phi) is 6.46. The highest BCUT2D eigenvalue weighted by molar-refractivity contribution is 9.10. The summed E-state index contributed by atoms with van der Waals surface area (Å²) in [4.78, 5) is 4.25. The fourth-order valence-electron chi connectivity index (χ4n) is 3.02. The topological polar surface area (TPSA) is 34.2 Å². The molecule has 0 amide bonds. The van der Waals surface area contributed by atoms with Crippen LogP contribution in [0.2, 0.25) is 0 Å². The second-order valence-corrected chi connectivity index (χ2v) is 6.54. The van der Waals surface area contributed by atoms with Gasteiger partial charge in [-0.15, -0.1) is 0 Å². The van der Waals surface area contributed by atoms with Gasteiger partial charge in [0, 0.05) is 29.5 Å². The van der Waals surface area contributed by atoms with Crippen LogP contribution in [0.1, 0.15) is 38.7 Å². The lowest BCUT2D eigenvalue weighted by molar-refractivity contribution is -0.0289. The van der Waals surface area contributed by atoms with Crippen molar-refractivity contribution in [2.75, 3.05) is 13.2 Å². The molecular formula is C16H25BrN2O. The number of hydrogen-bond acceptors (Lipinski definition) is 3. The molecule has 1 heterocycles. The molecule has 2 rings (SSSR count). The molecule has 112 valence electrons. The number of pyridine rings is 1.